The fourth-order valence-corrected chi connectivity index (χ4v) is 4.68. The van der Waals surface area contributed by atoms with Gasteiger partial charge < -0.3 is 15.0 Å². The van der Waals surface area contributed by atoms with Crippen molar-refractivity contribution >= 4 is 50.7 Å². The molecule has 2 N–H and O–H groups in total. The molecule has 0 aliphatic rings. The highest BCUT2D eigenvalue weighted by atomic mass is 35.5. The molecule has 1 atom stereocenters. The zero-order valence-corrected chi connectivity index (χ0v) is 19.6. The number of esters is 1. The molecule has 1 unspecified atom stereocenters. The first kappa shape index (κ1) is 22.7. The minimum absolute atomic E-state index is 0.223. The zero-order chi connectivity index (χ0) is 23.7. The maximum atomic E-state index is 13.1. The van der Waals surface area contributed by atoms with E-state index in [9.17, 15) is 14.4 Å². The molecule has 0 aliphatic heterocycles. The van der Waals surface area contributed by atoms with Gasteiger partial charge in [-0.1, -0.05) is 48.0 Å². The molecule has 7 nitrogen and oxygen atoms in total. The molecule has 2 aromatic heterocycles. The fraction of sp³-hybridized carbons (Fsp3) is 0.167. The van der Waals surface area contributed by atoms with Crippen LogP contribution in [0.2, 0.25) is 5.02 Å². The lowest BCUT2D eigenvalue weighted by molar-refractivity contribution is -0.125. The smallest absolute Gasteiger partial charge is 0.349 e. The van der Waals surface area contributed by atoms with Crippen molar-refractivity contribution in [3.63, 3.8) is 0 Å². The summed E-state index contributed by atoms with van der Waals surface area (Å²) in [5, 5.41) is 3.61. The summed E-state index contributed by atoms with van der Waals surface area (Å²) >= 11 is 7.23. The van der Waals surface area contributed by atoms with Gasteiger partial charge in [0.1, 0.15) is 15.5 Å². The van der Waals surface area contributed by atoms with Gasteiger partial charge in [0.25, 0.3) is 11.5 Å². The van der Waals surface area contributed by atoms with Crippen molar-refractivity contribution in [1.82, 2.24) is 9.97 Å². The number of nitrogens with one attached hydrogen (secondary N) is 2. The van der Waals surface area contributed by atoms with Crippen molar-refractivity contribution in [3.8, 4) is 0 Å². The number of ether oxygens (including phenoxy) is 1. The number of carbonyl (C=O) groups is 2. The molecule has 2 heterocycles. The Balaban J connectivity index is 1.67. The van der Waals surface area contributed by atoms with Crippen LogP contribution in [0.4, 0.5) is 5.69 Å². The van der Waals surface area contributed by atoms with Crippen LogP contribution in [0.15, 0.2) is 53.3 Å². The first-order chi connectivity index (χ1) is 15.7. The Morgan fingerprint density at radius 2 is 1.85 bits per heavy atom. The zero-order valence-electron chi connectivity index (χ0n) is 18.1. The highest BCUT2D eigenvalue weighted by molar-refractivity contribution is 7.20. The number of fused-ring (bicyclic) bond motifs is 1. The second-order valence-corrected chi connectivity index (χ2v) is 8.94. The molecule has 1 amide bonds. The van der Waals surface area contributed by atoms with Gasteiger partial charge in [-0.05, 0) is 44.0 Å². The number of rotatable bonds is 5. The van der Waals surface area contributed by atoms with E-state index in [4.69, 9.17) is 16.3 Å². The molecule has 168 valence electrons. The van der Waals surface area contributed by atoms with E-state index in [2.05, 4.69) is 15.3 Å². The van der Waals surface area contributed by atoms with Gasteiger partial charge in [-0.15, -0.1) is 11.3 Å². The number of halogens is 1. The predicted molar refractivity (Wildman–Crippen MR) is 129 cm³/mol. The van der Waals surface area contributed by atoms with E-state index in [1.165, 1.54) is 0 Å². The van der Waals surface area contributed by atoms with E-state index < -0.39 is 18.0 Å². The number of aromatic nitrogens is 2. The summed E-state index contributed by atoms with van der Waals surface area (Å²) in [6.45, 7) is 5.19. The normalized spacial score (nSPS) is 11.9. The molecule has 0 spiro atoms. The number of thiophene rings is 1. The Hall–Kier alpha value is -3.49. The van der Waals surface area contributed by atoms with E-state index >= 15 is 0 Å². The van der Waals surface area contributed by atoms with E-state index in [-0.39, 0.29) is 10.4 Å². The SMILES string of the molecule is Cc1nc2sc(C(=O)OC(C(=O)Nc3ccc(C)c(Cl)c3)c3ccccc3)c(C)c2c(=O)[nH]1. The van der Waals surface area contributed by atoms with Crippen LogP contribution in [0, 0.1) is 20.8 Å². The highest BCUT2D eigenvalue weighted by Crippen LogP contribution is 2.30. The van der Waals surface area contributed by atoms with E-state index in [1.54, 1.807) is 62.4 Å². The minimum atomic E-state index is -1.21. The van der Waals surface area contributed by atoms with Crippen molar-refractivity contribution in [1.29, 1.82) is 0 Å². The van der Waals surface area contributed by atoms with Crippen molar-refractivity contribution in [2.45, 2.75) is 26.9 Å². The number of amides is 1. The number of benzene rings is 2. The van der Waals surface area contributed by atoms with Crippen molar-refractivity contribution < 1.29 is 14.3 Å². The largest absolute Gasteiger partial charge is 0.443 e. The van der Waals surface area contributed by atoms with Gasteiger partial charge in [0.05, 0.1) is 5.39 Å². The molecular formula is C24H20ClN3O4S. The highest BCUT2D eigenvalue weighted by Gasteiger charge is 2.28. The van der Waals surface area contributed by atoms with Crippen LogP contribution >= 0.6 is 22.9 Å². The Labute approximate surface area is 198 Å². The second kappa shape index (κ2) is 9.17. The average molecular weight is 482 g/mol. The first-order valence-electron chi connectivity index (χ1n) is 10.1. The molecular weight excluding hydrogens is 462 g/mol. The van der Waals surface area contributed by atoms with Crippen molar-refractivity contribution in [2.24, 2.45) is 0 Å². The van der Waals surface area contributed by atoms with Crippen LogP contribution < -0.4 is 10.9 Å². The van der Waals surface area contributed by atoms with Crippen LogP contribution in [0.5, 0.6) is 0 Å². The maximum absolute atomic E-state index is 13.1. The van der Waals surface area contributed by atoms with Gasteiger partial charge in [-0.25, -0.2) is 9.78 Å². The molecule has 0 fully saturated rings. The Morgan fingerprint density at radius 1 is 1.12 bits per heavy atom. The Kier molecular flexibility index (Phi) is 6.31. The van der Waals surface area contributed by atoms with E-state index in [0.29, 0.717) is 37.9 Å². The molecule has 33 heavy (non-hydrogen) atoms. The Morgan fingerprint density at radius 3 is 2.55 bits per heavy atom. The number of H-pyrrole nitrogens is 1. The number of anilines is 1. The Bertz CT molecular complexity index is 1430. The number of aromatic amines is 1. The lowest BCUT2D eigenvalue weighted by Gasteiger charge is -2.18. The average Bonchev–Trinajstić information content (AvgIpc) is 3.11. The third-order valence-corrected chi connectivity index (χ3v) is 6.68. The molecule has 0 bridgehead atoms. The van der Waals surface area contributed by atoms with Crippen LogP contribution in [0.25, 0.3) is 10.2 Å². The fourth-order valence-electron chi connectivity index (χ4n) is 3.39. The molecule has 9 heteroatoms. The summed E-state index contributed by atoms with van der Waals surface area (Å²) in [6, 6.07) is 13.9. The van der Waals surface area contributed by atoms with Crippen molar-refractivity contribution in [2.75, 3.05) is 5.32 Å². The monoisotopic (exact) mass is 481 g/mol. The molecule has 0 aliphatic carbocycles. The topological polar surface area (TPSA) is 101 Å². The lowest BCUT2D eigenvalue weighted by Crippen LogP contribution is -2.26. The molecule has 4 rings (SSSR count). The van der Waals surface area contributed by atoms with E-state index in [1.807, 2.05) is 6.92 Å². The number of hydrogen-bond acceptors (Lipinski definition) is 6. The molecule has 0 saturated carbocycles. The van der Waals surface area contributed by atoms with Gasteiger partial charge in [0.15, 0.2) is 0 Å². The summed E-state index contributed by atoms with van der Waals surface area (Å²) in [4.78, 5) is 46.2. The van der Waals surface area contributed by atoms with Crippen LogP contribution in [0.3, 0.4) is 0 Å². The maximum Gasteiger partial charge on any atom is 0.349 e. The third kappa shape index (κ3) is 4.67. The summed E-state index contributed by atoms with van der Waals surface area (Å²) < 4.78 is 5.68. The molecule has 4 aromatic rings. The molecule has 0 saturated heterocycles. The van der Waals surface area contributed by atoms with Gasteiger partial charge in [-0.3, -0.25) is 9.59 Å². The molecule has 2 aromatic carbocycles. The minimum Gasteiger partial charge on any atom is -0.443 e. The summed E-state index contributed by atoms with van der Waals surface area (Å²) in [7, 11) is 0. The van der Waals surface area contributed by atoms with Gasteiger partial charge in [0, 0.05) is 16.3 Å². The standard InChI is InChI=1S/C24H20ClN3O4S/c1-12-9-10-16(11-17(12)25)28-22(30)19(15-7-5-4-6-8-15)32-24(31)20-13(2)18-21(29)26-14(3)27-23(18)33-20/h4-11,19H,1-3H3,(H,28,30)(H,26,27,29). The lowest BCUT2D eigenvalue weighted by atomic mass is 10.1. The summed E-state index contributed by atoms with van der Waals surface area (Å²) in [5.74, 6) is -0.787. The number of aryl methyl sites for hydroxylation is 3. The molecule has 0 radical (unpaired) electrons. The predicted octanol–water partition coefficient (Wildman–Crippen LogP) is 5.10. The second-order valence-electron chi connectivity index (χ2n) is 7.54. The third-order valence-electron chi connectivity index (χ3n) is 5.11. The number of hydrogen-bond donors (Lipinski definition) is 2. The number of nitrogens with zero attached hydrogens (tertiary/aromatic N) is 1. The quantitative estimate of drug-likeness (QED) is 0.386. The first-order valence-corrected chi connectivity index (χ1v) is 11.3. The van der Waals surface area contributed by atoms with E-state index in [0.717, 1.165) is 16.9 Å². The van der Waals surface area contributed by atoms with Gasteiger partial charge >= 0.3 is 5.97 Å². The van der Waals surface area contributed by atoms with Crippen LogP contribution in [-0.2, 0) is 9.53 Å². The van der Waals surface area contributed by atoms with Crippen LogP contribution in [0.1, 0.15) is 38.3 Å². The summed E-state index contributed by atoms with van der Waals surface area (Å²) in [6.07, 6.45) is -1.21. The summed E-state index contributed by atoms with van der Waals surface area (Å²) in [5.41, 5.74) is 2.01. The number of carbonyl (C=O) groups excluding carboxylic acids is 2. The van der Waals surface area contributed by atoms with Crippen molar-refractivity contribution in [3.05, 3.63) is 91.3 Å². The van der Waals surface area contributed by atoms with Crippen LogP contribution in [-0.4, -0.2) is 21.8 Å². The van der Waals surface area contributed by atoms with Gasteiger partial charge in [0.2, 0.25) is 6.10 Å². The van der Waals surface area contributed by atoms with Gasteiger partial charge in [-0.2, -0.15) is 0 Å².